The van der Waals surface area contributed by atoms with Crippen molar-refractivity contribution in [1.82, 2.24) is 15.3 Å². The SMILES string of the molecule is CCOP(=O)(O)CCCc1nc2c(O)c(C(=O)NC)c(=O)[nH]c2cc1Cc1ccc(F)cc1. The molecule has 2 heterocycles. The quantitative estimate of drug-likeness (QED) is 0.347. The van der Waals surface area contributed by atoms with Crippen LogP contribution in [0.5, 0.6) is 5.75 Å². The number of H-pyrrole nitrogens is 1. The molecule has 3 rings (SSSR count). The Morgan fingerprint density at radius 1 is 1.30 bits per heavy atom. The average Bonchev–Trinajstić information content (AvgIpc) is 2.75. The van der Waals surface area contributed by atoms with Crippen molar-refractivity contribution in [2.75, 3.05) is 19.8 Å². The lowest BCUT2D eigenvalue weighted by Gasteiger charge is -2.14. The van der Waals surface area contributed by atoms with Gasteiger partial charge in [0.15, 0.2) is 5.75 Å². The highest BCUT2D eigenvalue weighted by molar-refractivity contribution is 7.52. The Labute approximate surface area is 189 Å². The van der Waals surface area contributed by atoms with Gasteiger partial charge >= 0.3 is 7.60 Å². The molecular weight excluding hydrogens is 452 g/mol. The van der Waals surface area contributed by atoms with Crippen LogP contribution in [0.15, 0.2) is 35.1 Å². The van der Waals surface area contributed by atoms with Crippen LogP contribution in [0.2, 0.25) is 0 Å². The second kappa shape index (κ2) is 10.2. The summed E-state index contributed by atoms with van der Waals surface area (Å²) >= 11 is 0. The predicted octanol–water partition coefficient (Wildman–Crippen LogP) is 2.87. The van der Waals surface area contributed by atoms with E-state index >= 15 is 0 Å². The van der Waals surface area contributed by atoms with Gasteiger partial charge in [0.1, 0.15) is 16.9 Å². The largest absolute Gasteiger partial charge is 0.505 e. The Bertz CT molecular complexity index is 1280. The number of hydrogen-bond donors (Lipinski definition) is 4. The summed E-state index contributed by atoms with van der Waals surface area (Å²) in [7, 11) is -2.39. The van der Waals surface area contributed by atoms with Gasteiger partial charge in [0.2, 0.25) is 0 Å². The van der Waals surface area contributed by atoms with Crippen LogP contribution >= 0.6 is 7.60 Å². The topological polar surface area (TPSA) is 142 Å². The summed E-state index contributed by atoms with van der Waals surface area (Å²) in [5.74, 6) is -1.68. The molecule has 1 unspecified atom stereocenters. The molecule has 1 atom stereocenters. The summed E-state index contributed by atoms with van der Waals surface area (Å²) in [6, 6.07) is 7.54. The molecule has 4 N–H and O–H groups in total. The molecule has 0 aliphatic heterocycles. The third kappa shape index (κ3) is 5.84. The zero-order valence-electron chi connectivity index (χ0n) is 18.2. The van der Waals surface area contributed by atoms with E-state index in [0.717, 1.165) is 5.56 Å². The highest BCUT2D eigenvalue weighted by Gasteiger charge is 2.22. The molecule has 2 aromatic heterocycles. The second-order valence-corrected chi connectivity index (χ2v) is 9.41. The molecule has 0 spiro atoms. The van der Waals surface area contributed by atoms with Crippen molar-refractivity contribution in [3.8, 4) is 5.75 Å². The lowest BCUT2D eigenvalue weighted by atomic mass is 10.00. The highest BCUT2D eigenvalue weighted by Crippen LogP contribution is 2.42. The standard InChI is InChI=1S/C22H25FN3O6P/c1-3-32-33(30,31)10-4-5-16-14(11-13-6-8-15(23)9-7-13)12-17-19(25-16)20(27)18(21(28)24-2)22(29)26-17/h6-9,12H,3-5,10-11H2,1-2H3,(H,24,28)(H,30,31)(H2,26,27,29). The molecule has 0 bridgehead atoms. The van der Waals surface area contributed by atoms with Crippen molar-refractivity contribution in [2.45, 2.75) is 26.2 Å². The van der Waals surface area contributed by atoms with E-state index in [1.54, 1.807) is 25.1 Å². The second-order valence-electron chi connectivity index (χ2n) is 7.43. The van der Waals surface area contributed by atoms with Gasteiger partial charge in [-0.05, 0) is 55.5 Å². The molecule has 176 valence electrons. The summed E-state index contributed by atoms with van der Waals surface area (Å²) in [5.41, 5.74) is 1.02. The van der Waals surface area contributed by atoms with Crippen LogP contribution in [0, 0.1) is 5.82 Å². The van der Waals surface area contributed by atoms with E-state index in [2.05, 4.69) is 15.3 Å². The molecule has 1 amide bonds. The number of aromatic amines is 1. The minimum absolute atomic E-state index is 0.0306. The average molecular weight is 477 g/mol. The van der Waals surface area contributed by atoms with Crippen LogP contribution in [0.1, 0.15) is 40.5 Å². The van der Waals surface area contributed by atoms with Gasteiger partial charge in [0, 0.05) is 12.7 Å². The summed E-state index contributed by atoms with van der Waals surface area (Å²) in [4.78, 5) is 41.3. The number of amides is 1. The maximum Gasteiger partial charge on any atom is 0.328 e. The molecule has 0 fully saturated rings. The molecule has 0 radical (unpaired) electrons. The molecule has 1 aromatic carbocycles. The number of aromatic nitrogens is 2. The summed E-state index contributed by atoms with van der Waals surface area (Å²) in [6.07, 6.45) is 0.811. The van der Waals surface area contributed by atoms with Gasteiger partial charge in [0.05, 0.1) is 18.3 Å². The van der Waals surface area contributed by atoms with Crippen molar-refractivity contribution in [1.29, 1.82) is 0 Å². The first kappa shape index (κ1) is 24.6. The zero-order chi connectivity index (χ0) is 24.2. The van der Waals surface area contributed by atoms with Gasteiger partial charge in [-0.15, -0.1) is 0 Å². The van der Waals surface area contributed by atoms with Crippen molar-refractivity contribution in [3.63, 3.8) is 0 Å². The van der Waals surface area contributed by atoms with Gasteiger partial charge in [-0.1, -0.05) is 12.1 Å². The molecule has 3 aromatic rings. The van der Waals surface area contributed by atoms with E-state index in [4.69, 9.17) is 4.52 Å². The minimum atomic E-state index is -3.73. The fourth-order valence-corrected chi connectivity index (χ4v) is 4.61. The molecule has 9 nitrogen and oxygen atoms in total. The van der Waals surface area contributed by atoms with Gasteiger partial charge in [0.25, 0.3) is 11.5 Å². The Hall–Kier alpha value is -3.07. The number of aryl methyl sites for hydroxylation is 1. The van der Waals surface area contributed by atoms with Crippen LogP contribution in [0.25, 0.3) is 11.0 Å². The van der Waals surface area contributed by atoms with Gasteiger partial charge in [-0.3, -0.25) is 14.2 Å². The fourth-order valence-electron chi connectivity index (χ4n) is 3.52. The van der Waals surface area contributed by atoms with Crippen molar-refractivity contribution in [3.05, 3.63) is 68.9 Å². The van der Waals surface area contributed by atoms with Crippen LogP contribution in [0.4, 0.5) is 4.39 Å². The van der Waals surface area contributed by atoms with Crippen LogP contribution in [-0.2, 0) is 21.9 Å². The van der Waals surface area contributed by atoms with Crippen LogP contribution in [-0.4, -0.2) is 45.7 Å². The number of aromatic hydroxyl groups is 1. The molecule has 0 aliphatic rings. The van der Waals surface area contributed by atoms with Gasteiger partial charge in [-0.25, -0.2) is 9.37 Å². The number of carbonyl (C=O) groups excluding carboxylic acids is 1. The maximum atomic E-state index is 13.3. The summed E-state index contributed by atoms with van der Waals surface area (Å²) in [5, 5.41) is 12.9. The van der Waals surface area contributed by atoms with Crippen LogP contribution in [0.3, 0.4) is 0 Å². The number of hydrogen-bond acceptors (Lipinski definition) is 6. The van der Waals surface area contributed by atoms with E-state index in [-0.39, 0.29) is 42.5 Å². The van der Waals surface area contributed by atoms with E-state index in [9.17, 15) is 28.5 Å². The van der Waals surface area contributed by atoms with Crippen molar-refractivity contribution >= 4 is 24.5 Å². The Kier molecular flexibility index (Phi) is 7.63. The number of halogens is 1. The zero-order valence-corrected chi connectivity index (χ0v) is 19.1. The van der Waals surface area contributed by atoms with Crippen molar-refractivity contribution < 1.29 is 28.3 Å². The van der Waals surface area contributed by atoms with Gasteiger partial charge in [-0.2, -0.15) is 0 Å². The molecular formula is C22H25FN3O6P. The number of nitrogens with one attached hydrogen (secondary N) is 2. The maximum absolute atomic E-state index is 13.3. The molecule has 0 saturated heterocycles. The third-order valence-electron chi connectivity index (χ3n) is 5.07. The number of fused-ring (bicyclic) bond motifs is 1. The van der Waals surface area contributed by atoms with Crippen LogP contribution < -0.4 is 10.9 Å². The number of carbonyl (C=O) groups is 1. The Morgan fingerprint density at radius 3 is 2.64 bits per heavy atom. The lowest BCUT2D eigenvalue weighted by molar-refractivity contribution is 0.0959. The Morgan fingerprint density at radius 2 is 2.00 bits per heavy atom. The van der Waals surface area contributed by atoms with Crippen molar-refractivity contribution in [2.24, 2.45) is 0 Å². The van der Waals surface area contributed by atoms with Gasteiger partial charge < -0.3 is 24.8 Å². The smallest absolute Gasteiger partial charge is 0.328 e. The van der Waals surface area contributed by atoms with E-state index < -0.39 is 30.4 Å². The monoisotopic (exact) mass is 477 g/mol. The molecule has 0 saturated carbocycles. The van der Waals surface area contributed by atoms with E-state index in [0.29, 0.717) is 17.7 Å². The molecule has 33 heavy (non-hydrogen) atoms. The summed E-state index contributed by atoms with van der Waals surface area (Å²) < 4.78 is 30.2. The third-order valence-corrected chi connectivity index (χ3v) is 6.62. The number of pyridine rings is 2. The summed E-state index contributed by atoms with van der Waals surface area (Å²) in [6.45, 7) is 1.74. The predicted molar refractivity (Wildman–Crippen MR) is 121 cm³/mol. The number of benzene rings is 1. The molecule has 0 aliphatic carbocycles. The first-order valence-corrected chi connectivity index (χ1v) is 12.1. The van der Waals surface area contributed by atoms with E-state index in [1.165, 1.54) is 19.2 Å². The number of rotatable bonds is 9. The molecule has 11 heteroatoms. The first-order chi connectivity index (χ1) is 15.6. The Balaban J connectivity index is 2.06. The fraction of sp³-hybridized carbons (Fsp3) is 0.318. The minimum Gasteiger partial charge on any atom is -0.505 e. The normalized spacial score (nSPS) is 13.1. The highest BCUT2D eigenvalue weighted by atomic mass is 31.2. The first-order valence-electron chi connectivity index (χ1n) is 10.4. The van der Waals surface area contributed by atoms with E-state index in [1.807, 2.05) is 0 Å². The number of nitrogens with zero attached hydrogens (tertiary/aromatic N) is 1. The lowest BCUT2D eigenvalue weighted by Crippen LogP contribution is -2.27.